The fourth-order valence-electron chi connectivity index (χ4n) is 3.06. The van der Waals surface area contributed by atoms with Crippen LogP contribution in [0.3, 0.4) is 0 Å². The third kappa shape index (κ3) is 4.20. The lowest BCUT2D eigenvalue weighted by atomic mass is 9.93. The molecular weight excluding hydrogens is 327 g/mol. The predicted molar refractivity (Wildman–Crippen MR) is 86.8 cm³/mol. The van der Waals surface area contributed by atoms with E-state index in [1.165, 1.54) is 23.0 Å². The number of benzene rings is 1. The number of likely N-dealkylation sites (tertiary alicyclic amines) is 1. The van der Waals surface area contributed by atoms with Crippen molar-refractivity contribution in [2.45, 2.75) is 25.7 Å². The van der Waals surface area contributed by atoms with Gasteiger partial charge in [-0.05, 0) is 49.4 Å². The summed E-state index contributed by atoms with van der Waals surface area (Å²) >= 11 is 0. The average molecular weight is 346 g/mol. The van der Waals surface area contributed by atoms with Crippen molar-refractivity contribution in [1.82, 2.24) is 19.9 Å². The summed E-state index contributed by atoms with van der Waals surface area (Å²) in [5.74, 6) is -1.18. The molecule has 1 aliphatic heterocycles. The molecule has 8 heteroatoms. The normalized spacial score (nSPS) is 17.5. The van der Waals surface area contributed by atoms with Crippen molar-refractivity contribution in [2.75, 3.05) is 13.1 Å². The van der Waals surface area contributed by atoms with E-state index >= 15 is 0 Å². The first-order chi connectivity index (χ1) is 12.0. The third-order valence-electron chi connectivity index (χ3n) is 4.38. The molecule has 0 spiro atoms. The Hall–Kier alpha value is -2.77. The second-order valence-electron chi connectivity index (χ2n) is 6.22. The van der Waals surface area contributed by atoms with Gasteiger partial charge in [-0.3, -0.25) is 9.59 Å². The molecule has 25 heavy (non-hydrogen) atoms. The summed E-state index contributed by atoms with van der Waals surface area (Å²) in [6, 6.07) is 5.74. The number of carboxylic acids is 1. The van der Waals surface area contributed by atoms with E-state index in [4.69, 9.17) is 5.11 Å². The Bertz CT molecular complexity index is 760. The lowest BCUT2D eigenvalue weighted by Gasteiger charge is -2.32. The SMILES string of the molecule is O=C(O)CCC1CCCN(C(=O)c2cn(-c3ccc(F)cc3)nn2)C1. The van der Waals surface area contributed by atoms with E-state index in [1.807, 2.05) is 0 Å². The molecule has 0 bridgehead atoms. The molecule has 3 rings (SSSR count). The zero-order chi connectivity index (χ0) is 17.8. The first-order valence-electron chi connectivity index (χ1n) is 8.22. The number of carbonyl (C=O) groups is 2. The molecule has 1 unspecified atom stereocenters. The quantitative estimate of drug-likeness (QED) is 0.896. The monoisotopic (exact) mass is 346 g/mol. The predicted octanol–water partition coefficient (Wildman–Crippen LogP) is 2.12. The summed E-state index contributed by atoms with van der Waals surface area (Å²) in [6.45, 7) is 1.17. The molecule has 0 radical (unpaired) electrons. The highest BCUT2D eigenvalue weighted by atomic mass is 19.1. The largest absolute Gasteiger partial charge is 0.481 e. The molecule has 1 saturated heterocycles. The number of aliphatic carboxylic acids is 1. The Morgan fingerprint density at radius 3 is 2.76 bits per heavy atom. The number of amides is 1. The summed E-state index contributed by atoms with van der Waals surface area (Å²) in [7, 11) is 0. The van der Waals surface area contributed by atoms with Crippen LogP contribution in [0.5, 0.6) is 0 Å². The second kappa shape index (κ2) is 7.42. The van der Waals surface area contributed by atoms with Crippen LogP contribution in [0.2, 0.25) is 0 Å². The van der Waals surface area contributed by atoms with Crippen molar-refractivity contribution < 1.29 is 19.1 Å². The van der Waals surface area contributed by atoms with Crippen molar-refractivity contribution >= 4 is 11.9 Å². The van der Waals surface area contributed by atoms with Crippen LogP contribution >= 0.6 is 0 Å². The Balaban J connectivity index is 1.66. The summed E-state index contributed by atoms with van der Waals surface area (Å²) < 4.78 is 14.4. The molecule has 0 saturated carbocycles. The molecular formula is C17H19FN4O3. The van der Waals surface area contributed by atoms with Crippen LogP contribution in [0.25, 0.3) is 5.69 Å². The summed E-state index contributed by atoms with van der Waals surface area (Å²) in [5.41, 5.74) is 0.842. The van der Waals surface area contributed by atoms with E-state index < -0.39 is 5.97 Å². The summed E-state index contributed by atoms with van der Waals surface area (Å²) in [6.07, 6.45) is 3.99. The molecule has 1 aromatic heterocycles. The fraction of sp³-hybridized carbons (Fsp3) is 0.412. The second-order valence-corrected chi connectivity index (χ2v) is 6.22. The highest BCUT2D eigenvalue weighted by molar-refractivity contribution is 5.92. The molecule has 1 aromatic carbocycles. The number of hydrogen-bond donors (Lipinski definition) is 1. The van der Waals surface area contributed by atoms with E-state index in [2.05, 4.69) is 10.3 Å². The van der Waals surface area contributed by atoms with E-state index in [9.17, 15) is 14.0 Å². The number of carboxylic acid groups (broad SMARTS) is 1. The topological polar surface area (TPSA) is 88.3 Å². The number of piperidine rings is 1. The molecule has 132 valence electrons. The van der Waals surface area contributed by atoms with Crippen LogP contribution in [0.4, 0.5) is 4.39 Å². The molecule has 1 aliphatic rings. The minimum atomic E-state index is -0.814. The molecule has 1 N–H and O–H groups in total. The van der Waals surface area contributed by atoms with Gasteiger partial charge < -0.3 is 10.0 Å². The van der Waals surface area contributed by atoms with Crippen LogP contribution < -0.4 is 0 Å². The fourth-order valence-corrected chi connectivity index (χ4v) is 3.06. The van der Waals surface area contributed by atoms with E-state index in [1.54, 1.807) is 17.0 Å². The van der Waals surface area contributed by atoms with Crippen molar-refractivity contribution in [3.63, 3.8) is 0 Å². The van der Waals surface area contributed by atoms with Crippen molar-refractivity contribution in [3.05, 3.63) is 42.0 Å². The Morgan fingerprint density at radius 1 is 1.28 bits per heavy atom. The summed E-state index contributed by atoms with van der Waals surface area (Å²) in [4.78, 5) is 25.0. The van der Waals surface area contributed by atoms with Crippen LogP contribution in [-0.4, -0.2) is 50.0 Å². The Kier molecular flexibility index (Phi) is 5.06. The van der Waals surface area contributed by atoms with Crippen LogP contribution in [0.1, 0.15) is 36.2 Å². The van der Waals surface area contributed by atoms with E-state index in [0.717, 1.165) is 12.8 Å². The number of nitrogens with zero attached hydrogens (tertiary/aromatic N) is 4. The highest BCUT2D eigenvalue weighted by Gasteiger charge is 2.26. The molecule has 2 heterocycles. The summed E-state index contributed by atoms with van der Waals surface area (Å²) in [5, 5.41) is 16.7. The molecule has 1 fully saturated rings. The maximum atomic E-state index is 13.0. The zero-order valence-electron chi connectivity index (χ0n) is 13.6. The molecule has 0 aliphatic carbocycles. The van der Waals surface area contributed by atoms with Gasteiger partial charge in [-0.2, -0.15) is 0 Å². The first-order valence-corrected chi connectivity index (χ1v) is 8.22. The van der Waals surface area contributed by atoms with Crippen molar-refractivity contribution in [2.24, 2.45) is 5.92 Å². The minimum Gasteiger partial charge on any atom is -0.481 e. The third-order valence-corrected chi connectivity index (χ3v) is 4.38. The molecule has 2 aromatic rings. The van der Waals surface area contributed by atoms with Crippen molar-refractivity contribution in [3.8, 4) is 5.69 Å². The lowest BCUT2D eigenvalue weighted by molar-refractivity contribution is -0.137. The number of carbonyl (C=O) groups excluding carboxylic acids is 1. The van der Waals surface area contributed by atoms with Gasteiger partial charge in [0.05, 0.1) is 11.9 Å². The van der Waals surface area contributed by atoms with Gasteiger partial charge in [0, 0.05) is 19.5 Å². The lowest BCUT2D eigenvalue weighted by Crippen LogP contribution is -2.40. The van der Waals surface area contributed by atoms with Gasteiger partial charge in [0.1, 0.15) is 5.82 Å². The molecule has 1 amide bonds. The molecule has 1 atom stereocenters. The average Bonchev–Trinajstić information content (AvgIpc) is 3.10. The maximum Gasteiger partial charge on any atom is 0.303 e. The highest BCUT2D eigenvalue weighted by Crippen LogP contribution is 2.22. The number of rotatable bonds is 5. The Morgan fingerprint density at radius 2 is 2.04 bits per heavy atom. The van der Waals surface area contributed by atoms with Gasteiger partial charge in [-0.1, -0.05) is 5.21 Å². The smallest absolute Gasteiger partial charge is 0.303 e. The Labute approximate surface area is 144 Å². The van der Waals surface area contributed by atoms with Crippen LogP contribution in [0.15, 0.2) is 30.5 Å². The minimum absolute atomic E-state index is 0.118. The maximum absolute atomic E-state index is 13.0. The van der Waals surface area contributed by atoms with E-state index in [0.29, 0.717) is 25.2 Å². The van der Waals surface area contributed by atoms with Gasteiger partial charge in [0.2, 0.25) is 0 Å². The number of hydrogen-bond acceptors (Lipinski definition) is 4. The number of halogens is 1. The van der Waals surface area contributed by atoms with Gasteiger partial charge in [0.15, 0.2) is 5.69 Å². The zero-order valence-corrected chi connectivity index (χ0v) is 13.6. The standard InChI is InChI=1S/C17H19FN4O3/c18-13-4-6-14(7-5-13)22-11-15(19-20-22)17(25)21-9-1-2-12(10-21)3-8-16(23)24/h4-7,11-12H,1-3,8-10H2,(H,23,24). The van der Waals surface area contributed by atoms with Crippen molar-refractivity contribution in [1.29, 1.82) is 0 Å². The molecule has 7 nitrogen and oxygen atoms in total. The van der Waals surface area contributed by atoms with Crippen LogP contribution in [-0.2, 0) is 4.79 Å². The van der Waals surface area contributed by atoms with Gasteiger partial charge in [0.25, 0.3) is 5.91 Å². The van der Waals surface area contributed by atoms with E-state index in [-0.39, 0.29) is 29.8 Å². The van der Waals surface area contributed by atoms with Gasteiger partial charge >= 0.3 is 5.97 Å². The van der Waals surface area contributed by atoms with Crippen LogP contribution in [0, 0.1) is 11.7 Å². The first kappa shape index (κ1) is 17.1. The van der Waals surface area contributed by atoms with Gasteiger partial charge in [-0.15, -0.1) is 5.10 Å². The number of aromatic nitrogens is 3. The van der Waals surface area contributed by atoms with Gasteiger partial charge in [-0.25, -0.2) is 9.07 Å².